The van der Waals surface area contributed by atoms with Crippen LogP contribution in [-0.4, -0.2) is 44.0 Å². The SMILES string of the molecule is Cc1cccc(C(=O)Nc2cc(N3CCN(C)CC3)c(C)cc2N)c1. The van der Waals surface area contributed by atoms with Crippen LogP contribution in [0.2, 0.25) is 0 Å². The average molecular weight is 338 g/mol. The monoisotopic (exact) mass is 338 g/mol. The molecule has 2 aromatic carbocycles. The molecule has 0 saturated carbocycles. The van der Waals surface area contributed by atoms with Crippen molar-refractivity contribution in [3.63, 3.8) is 0 Å². The highest BCUT2D eigenvalue weighted by atomic mass is 16.1. The minimum Gasteiger partial charge on any atom is -0.397 e. The van der Waals surface area contributed by atoms with Crippen LogP contribution in [0.5, 0.6) is 0 Å². The van der Waals surface area contributed by atoms with E-state index in [1.54, 1.807) is 0 Å². The van der Waals surface area contributed by atoms with Gasteiger partial charge in [0.15, 0.2) is 0 Å². The quantitative estimate of drug-likeness (QED) is 0.845. The zero-order valence-electron chi connectivity index (χ0n) is 15.2. The van der Waals surface area contributed by atoms with Gasteiger partial charge in [-0.05, 0) is 50.7 Å². The van der Waals surface area contributed by atoms with Crippen molar-refractivity contribution >= 4 is 23.0 Å². The van der Waals surface area contributed by atoms with Crippen molar-refractivity contribution in [3.8, 4) is 0 Å². The Bertz CT molecular complexity index is 779. The van der Waals surface area contributed by atoms with Gasteiger partial charge in [-0.1, -0.05) is 17.7 Å². The number of rotatable bonds is 3. The summed E-state index contributed by atoms with van der Waals surface area (Å²) in [4.78, 5) is 17.2. The molecule has 0 atom stereocenters. The Labute approximate surface area is 149 Å². The summed E-state index contributed by atoms with van der Waals surface area (Å²) in [6.07, 6.45) is 0. The third-order valence-corrected chi connectivity index (χ3v) is 4.74. The number of nitrogens with two attached hydrogens (primary N) is 1. The summed E-state index contributed by atoms with van der Waals surface area (Å²) in [5.41, 5.74) is 11.4. The minimum absolute atomic E-state index is 0.136. The second-order valence-electron chi connectivity index (χ2n) is 6.84. The van der Waals surface area contributed by atoms with Gasteiger partial charge in [-0.25, -0.2) is 0 Å². The van der Waals surface area contributed by atoms with Crippen LogP contribution in [0.3, 0.4) is 0 Å². The van der Waals surface area contributed by atoms with E-state index in [0.29, 0.717) is 16.9 Å². The van der Waals surface area contributed by atoms with Crippen LogP contribution in [0, 0.1) is 13.8 Å². The lowest BCUT2D eigenvalue weighted by Gasteiger charge is -2.35. The number of amides is 1. The number of nitrogens with zero attached hydrogens (tertiary/aromatic N) is 2. The first-order valence-electron chi connectivity index (χ1n) is 8.65. The van der Waals surface area contributed by atoms with Gasteiger partial charge in [-0.2, -0.15) is 0 Å². The first-order valence-corrected chi connectivity index (χ1v) is 8.65. The summed E-state index contributed by atoms with van der Waals surface area (Å²) in [6, 6.07) is 11.5. The van der Waals surface area contributed by atoms with Crippen LogP contribution in [0.1, 0.15) is 21.5 Å². The number of anilines is 3. The smallest absolute Gasteiger partial charge is 0.255 e. The molecule has 25 heavy (non-hydrogen) atoms. The van der Waals surface area contributed by atoms with E-state index in [0.717, 1.165) is 43.0 Å². The lowest BCUT2D eigenvalue weighted by atomic mass is 10.1. The fourth-order valence-corrected chi connectivity index (χ4v) is 3.20. The van der Waals surface area contributed by atoms with Crippen LogP contribution in [0.4, 0.5) is 17.1 Å². The van der Waals surface area contributed by atoms with Gasteiger partial charge >= 0.3 is 0 Å². The molecule has 0 unspecified atom stereocenters. The Balaban J connectivity index is 1.84. The van der Waals surface area contributed by atoms with E-state index < -0.39 is 0 Å². The summed E-state index contributed by atoms with van der Waals surface area (Å²) in [5.74, 6) is -0.136. The molecule has 0 aliphatic carbocycles. The Morgan fingerprint density at radius 2 is 1.80 bits per heavy atom. The average Bonchev–Trinajstić information content (AvgIpc) is 2.58. The topological polar surface area (TPSA) is 61.6 Å². The maximum atomic E-state index is 12.5. The predicted molar refractivity (Wildman–Crippen MR) is 104 cm³/mol. The summed E-state index contributed by atoms with van der Waals surface area (Å²) in [6.45, 7) is 8.07. The second kappa shape index (κ2) is 7.15. The van der Waals surface area contributed by atoms with E-state index in [1.807, 2.05) is 43.3 Å². The van der Waals surface area contributed by atoms with Crippen LogP contribution >= 0.6 is 0 Å². The van der Waals surface area contributed by atoms with Crippen LogP contribution in [0.25, 0.3) is 0 Å². The lowest BCUT2D eigenvalue weighted by molar-refractivity contribution is 0.102. The van der Waals surface area contributed by atoms with E-state index in [-0.39, 0.29) is 5.91 Å². The molecule has 5 nitrogen and oxygen atoms in total. The molecule has 3 N–H and O–H groups in total. The molecule has 1 fully saturated rings. The summed E-state index contributed by atoms with van der Waals surface area (Å²) >= 11 is 0. The van der Waals surface area contributed by atoms with Crippen LogP contribution in [0.15, 0.2) is 36.4 Å². The number of benzene rings is 2. The molecule has 1 aliphatic heterocycles. The number of hydrogen-bond acceptors (Lipinski definition) is 4. The van der Waals surface area contributed by atoms with Gasteiger partial charge in [-0.3, -0.25) is 4.79 Å². The van der Waals surface area contributed by atoms with Crippen molar-refractivity contribution < 1.29 is 4.79 Å². The van der Waals surface area contributed by atoms with Gasteiger partial charge in [-0.15, -0.1) is 0 Å². The molecule has 132 valence electrons. The second-order valence-corrected chi connectivity index (χ2v) is 6.84. The van der Waals surface area contributed by atoms with Crippen molar-refractivity contribution in [2.45, 2.75) is 13.8 Å². The molecule has 1 saturated heterocycles. The third-order valence-electron chi connectivity index (χ3n) is 4.74. The molecular formula is C20H26N4O. The molecule has 0 spiro atoms. The predicted octanol–water partition coefficient (Wildman–Crippen LogP) is 2.89. The first-order chi connectivity index (χ1) is 11.9. The zero-order chi connectivity index (χ0) is 18.0. The molecule has 1 heterocycles. The van der Waals surface area contributed by atoms with E-state index >= 15 is 0 Å². The molecular weight excluding hydrogens is 312 g/mol. The Kier molecular flexibility index (Phi) is 4.95. The van der Waals surface area contributed by atoms with Crippen LogP contribution in [-0.2, 0) is 0 Å². The van der Waals surface area contributed by atoms with Crippen molar-refractivity contribution in [1.82, 2.24) is 4.90 Å². The van der Waals surface area contributed by atoms with Gasteiger partial charge in [0.05, 0.1) is 11.4 Å². The van der Waals surface area contributed by atoms with Crippen molar-refractivity contribution in [2.75, 3.05) is 49.2 Å². The molecule has 0 radical (unpaired) electrons. The summed E-state index contributed by atoms with van der Waals surface area (Å²) in [7, 11) is 2.14. The number of piperazine rings is 1. The Morgan fingerprint density at radius 3 is 2.48 bits per heavy atom. The third kappa shape index (κ3) is 3.94. The minimum atomic E-state index is -0.136. The molecule has 3 rings (SSSR count). The maximum absolute atomic E-state index is 12.5. The largest absolute Gasteiger partial charge is 0.397 e. The number of aryl methyl sites for hydroxylation is 2. The van der Waals surface area contributed by atoms with E-state index in [9.17, 15) is 4.79 Å². The molecule has 0 aromatic heterocycles. The first kappa shape index (κ1) is 17.3. The maximum Gasteiger partial charge on any atom is 0.255 e. The lowest BCUT2D eigenvalue weighted by Crippen LogP contribution is -2.44. The van der Waals surface area contributed by atoms with Crippen molar-refractivity contribution in [1.29, 1.82) is 0 Å². The van der Waals surface area contributed by atoms with Gasteiger partial charge < -0.3 is 20.9 Å². The number of hydrogen-bond donors (Lipinski definition) is 2. The standard InChI is InChI=1S/C20H26N4O/c1-14-5-4-6-16(11-14)20(25)22-18-13-19(15(2)12-17(18)21)24-9-7-23(3)8-10-24/h4-6,11-13H,7-10,21H2,1-3H3,(H,22,25). The number of nitrogen functional groups attached to an aromatic ring is 1. The van der Waals surface area contributed by atoms with Crippen LogP contribution < -0.4 is 16.0 Å². The van der Waals surface area contributed by atoms with Crippen molar-refractivity contribution in [3.05, 3.63) is 53.1 Å². The van der Waals surface area contributed by atoms with Crippen molar-refractivity contribution in [2.24, 2.45) is 0 Å². The molecule has 0 bridgehead atoms. The Hall–Kier alpha value is -2.53. The zero-order valence-corrected chi connectivity index (χ0v) is 15.2. The van der Waals surface area contributed by atoms with Gasteiger partial charge in [0.2, 0.25) is 0 Å². The van der Waals surface area contributed by atoms with E-state index in [4.69, 9.17) is 5.73 Å². The molecule has 1 aliphatic rings. The molecule has 5 heteroatoms. The highest BCUT2D eigenvalue weighted by Crippen LogP contribution is 2.30. The fourth-order valence-electron chi connectivity index (χ4n) is 3.20. The number of nitrogens with one attached hydrogen (secondary N) is 1. The Morgan fingerprint density at radius 1 is 1.08 bits per heavy atom. The molecule has 2 aromatic rings. The van der Waals surface area contributed by atoms with E-state index in [1.165, 1.54) is 0 Å². The van der Waals surface area contributed by atoms with Gasteiger partial charge in [0, 0.05) is 37.4 Å². The summed E-state index contributed by atoms with van der Waals surface area (Å²) in [5, 5.41) is 2.97. The fraction of sp³-hybridized carbons (Fsp3) is 0.350. The number of carbonyl (C=O) groups is 1. The normalized spacial score (nSPS) is 15.2. The summed E-state index contributed by atoms with van der Waals surface area (Å²) < 4.78 is 0. The number of carbonyl (C=O) groups excluding carboxylic acids is 1. The van der Waals surface area contributed by atoms with Gasteiger partial charge in [0.25, 0.3) is 5.91 Å². The highest BCUT2D eigenvalue weighted by molar-refractivity contribution is 6.06. The number of likely N-dealkylation sites (N-methyl/N-ethyl adjacent to an activating group) is 1. The molecule has 1 amide bonds. The highest BCUT2D eigenvalue weighted by Gasteiger charge is 2.18. The van der Waals surface area contributed by atoms with Gasteiger partial charge in [0.1, 0.15) is 0 Å². The van der Waals surface area contributed by atoms with E-state index in [2.05, 4.69) is 29.1 Å².